The number of halogens is 3. The molecule has 2 aromatic carbocycles. The summed E-state index contributed by atoms with van der Waals surface area (Å²) in [6.45, 7) is 3.52. The van der Waals surface area contributed by atoms with E-state index in [1.54, 1.807) is 38.1 Å². The predicted octanol–water partition coefficient (Wildman–Crippen LogP) is 3.58. The average molecular weight is 487 g/mol. The van der Waals surface area contributed by atoms with Gasteiger partial charge in [-0.05, 0) is 61.5 Å². The van der Waals surface area contributed by atoms with E-state index in [2.05, 4.69) is 15.9 Å². The number of hydrogen-bond donors (Lipinski definition) is 2. The van der Waals surface area contributed by atoms with Crippen LogP contribution in [0.15, 0.2) is 42.5 Å². The van der Waals surface area contributed by atoms with Gasteiger partial charge in [-0.2, -0.15) is 13.2 Å². The molecule has 10 heteroatoms. The minimum Gasteiger partial charge on any atom is -0.493 e. The number of amides is 1. The van der Waals surface area contributed by atoms with Crippen molar-refractivity contribution in [2.24, 2.45) is 0 Å². The van der Waals surface area contributed by atoms with Gasteiger partial charge in [-0.15, -0.1) is 0 Å². The summed E-state index contributed by atoms with van der Waals surface area (Å²) in [7, 11) is -1.08. The number of alkyl halides is 3. The number of methoxy groups -OCH3 is 1. The molecule has 6 nitrogen and oxygen atoms in total. The van der Waals surface area contributed by atoms with E-state index in [1.807, 2.05) is 0 Å². The third-order valence-electron chi connectivity index (χ3n) is 4.61. The number of hydrogen-bond acceptors (Lipinski definition) is 4. The Morgan fingerprint density at radius 3 is 2.39 bits per heavy atom. The van der Waals surface area contributed by atoms with E-state index >= 15 is 0 Å². The van der Waals surface area contributed by atoms with Crippen LogP contribution >= 0.6 is 0 Å². The summed E-state index contributed by atoms with van der Waals surface area (Å²) in [4.78, 5) is 12.4. The van der Waals surface area contributed by atoms with Crippen molar-refractivity contribution >= 4 is 21.5 Å². The molecular weight excluding hydrogens is 457 g/mol. The Morgan fingerprint density at radius 1 is 1.09 bits per heavy atom. The Balaban J connectivity index is 1.97. The molecule has 0 bridgehead atoms. The molecule has 2 N–H and O–H groups in total. The molecule has 0 spiro atoms. The third-order valence-corrected chi connectivity index (χ3v) is 5.56. The van der Waals surface area contributed by atoms with E-state index in [9.17, 15) is 22.2 Å². The highest BCUT2D eigenvalue weighted by Gasteiger charge is 2.30. The molecule has 0 saturated heterocycles. The van der Waals surface area contributed by atoms with Gasteiger partial charge in [0.15, 0.2) is 11.5 Å². The Morgan fingerprint density at radius 2 is 1.79 bits per heavy atom. The van der Waals surface area contributed by atoms with Crippen LogP contribution in [-0.4, -0.2) is 41.4 Å². The van der Waals surface area contributed by atoms with Crippen LogP contribution in [0.4, 0.5) is 13.2 Å². The molecular formula is C23H29F3N2O4S. The summed E-state index contributed by atoms with van der Waals surface area (Å²) in [5.41, 5.74) is -0.538. The van der Waals surface area contributed by atoms with Crippen LogP contribution < -0.4 is 19.5 Å². The molecule has 0 fully saturated rings. The molecule has 0 saturated carbocycles. The smallest absolute Gasteiger partial charge is 0.416 e. The first-order chi connectivity index (χ1) is 15.2. The molecule has 0 aliphatic heterocycles. The van der Waals surface area contributed by atoms with Gasteiger partial charge in [-0.1, -0.05) is 18.2 Å². The van der Waals surface area contributed by atoms with Crippen molar-refractivity contribution in [3.63, 3.8) is 0 Å². The topological polar surface area (TPSA) is 76.7 Å². The zero-order valence-corrected chi connectivity index (χ0v) is 19.9. The molecule has 0 radical (unpaired) electrons. The molecule has 1 unspecified atom stereocenters. The van der Waals surface area contributed by atoms with Gasteiger partial charge in [0.05, 0.1) is 12.7 Å². The van der Waals surface area contributed by atoms with Crippen LogP contribution in [0.1, 0.15) is 30.5 Å². The molecule has 0 aliphatic carbocycles. The first-order valence-corrected chi connectivity index (χ1v) is 12.2. The number of carbonyl (C=O) groups is 1. The summed E-state index contributed by atoms with van der Waals surface area (Å²) in [6.07, 6.45) is -2.50. The summed E-state index contributed by atoms with van der Waals surface area (Å²) in [5.74, 6) is 4.01. The van der Waals surface area contributed by atoms with Gasteiger partial charge in [0.1, 0.15) is 12.1 Å². The summed E-state index contributed by atoms with van der Waals surface area (Å²) in [6, 6.07) is 10.1. The minimum absolute atomic E-state index is 0.0509. The maximum Gasteiger partial charge on any atom is 0.416 e. The van der Waals surface area contributed by atoms with Crippen LogP contribution in [-0.2, 0) is 33.7 Å². The van der Waals surface area contributed by atoms with Crippen LogP contribution in [0.5, 0.6) is 11.5 Å². The van der Waals surface area contributed by atoms with Crippen LogP contribution in [0.2, 0.25) is 0 Å². The maximum atomic E-state index is 12.9. The highest BCUT2D eigenvalue weighted by molar-refractivity contribution is 7.97. The lowest BCUT2D eigenvalue weighted by molar-refractivity contribution is -0.137. The van der Waals surface area contributed by atoms with Gasteiger partial charge < -0.3 is 14.8 Å². The average Bonchev–Trinajstić information content (AvgIpc) is 2.70. The van der Waals surface area contributed by atoms with Crippen molar-refractivity contribution in [2.75, 3.05) is 19.9 Å². The fourth-order valence-electron chi connectivity index (χ4n) is 3.11. The van der Waals surface area contributed by atoms with Gasteiger partial charge >= 0.3 is 6.18 Å². The summed E-state index contributed by atoms with van der Waals surface area (Å²) < 4.78 is 64.2. The standard InChI is InChI=1S/C23H29F3N2O4S/c1-22(2,28-33(4,5)30)21(29)27-12-11-16-9-10-19(20(14-16)31-3)32-15-17-7-6-8-18(13-17)23(24,25)26/h6-10,13-14H,4,11-12,15H2,1-3,5H3,(H,27,29)(H,28,30). The van der Waals surface area contributed by atoms with Crippen molar-refractivity contribution < 1.29 is 31.6 Å². The van der Waals surface area contributed by atoms with Crippen molar-refractivity contribution in [3.05, 3.63) is 59.2 Å². The second-order valence-electron chi connectivity index (χ2n) is 8.21. The molecule has 1 atom stereocenters. The Labute approximate surface area is 192 Å². The van der Waals surface area contributed by atoms with Crippen molar-refractivity contribution in [1.29, 1.82) is 0 Å². The van der Waals surface area contributed by atoms with E-state index < -0.39 is 27.0 Å². The fraction of sp³-hybridized carbons (Fsp3) is 0.391. The van der Waals surface area contributed by atoms with Crippen molar-refractivity contribution in [3.8, 4) is 11.5 Å². The van der Waals surface area contributed by atoms with E-state index in [-0.39, 0.29) is 12.5 Å². The van der Waals surface area contributed by atoms with Gasteiger partial charge in [0, 0.05) is 22.5 Å². The van der Waals surface area contributed by atoms with Crippen molar-refractivity contribution in [1.82, 2.24) is 10.0 Å². The Kier molecular flexibility index (Phi) is 8.42. The first-order valence-electron chi connectivity index (χ1n) is 10.1. The normalized spacial score (nSPS) is 13.8. The van der Waals surface area contributed by atoms with Crippen LogP contribution in [0, 0.1) is 0 Å². The van der Waals surface area contributed by atoms with Crippen LogP contribution in [0.3, 0.4) is 0 Å². The summed E-state index contributed by atoms with van der Waals surface area (Å²) >= 11 is 0. The first kappa shape index (κ1) is 26.5. The molecule has 1 amide bonds. The SMILES string of the molecule is C=S(C)(=O)NC(C)(C)C(=O)NCCc1ccc(OCc2cccc(C(F)(F)F)c2)c(OC)c1. The molecule has 182 valence electrons. The summed E-state index contributed by atoms with van der Waals surface area (Å²) in [5, 5.41) is 2.79. The predicted molar refractivity (Wildman–Crippen MR) is 124 cm³/mol. The Hall–Kier alpha value is -2.72. The lowest BCUT2D eigenvalue weighted by Gasteiger charge is -2.25. The van der Waals surface area contributed by atoms with Crippen LogP contribution in [0.25, 0.3) is 0 Å². The molecule has 0 aromatic heterocycles. The second kappa shape index (κ2) is 10.5. The highest BCUT2D eigenvalue weighted by atomic mass is 32.2. The lowest BCUT2D eigenvalue weighted by atomic mass is 10.1. The molecule has 2 aromatic rings. The third kappa shape index (κ3) is 8.29. The number of carbonyl (C=O) groups excluding carboxylic acids is 1. The quantitative estimate of drug-likeness (QED) is 0.504. The Bertz CT molecular complexity index is 1080. The van der Waals surface area contributed by atoms with Crippen molar-refractivity contribution in [2.45, 2.75) is 38.6 Å². The van der Waals surface area contributed by atoms with Gasteiger partial charge in [0.25, 0.3) is 0 Å². The van der Waals surface area contributed by atoms with E-state index in [1.165, 1.54) is 19.4 Å². The monoisotopic (exact) mass is 486 g/mol. The van der Waals surface area contributed by atoms with E-state index in [0.717, 1.165) is 17.7 Å². The molecule has 2 rings (SSSR count). The maximum absolute atomic E-state index is 12.9. The second-order valence-corrected chi connectivity index (χ2v) is 10.4. The largest absolute Gasteiger partial charge is 0.493 e. The number of benzene rings is 2. The van der Waals surface area contributed by atoms with E-state index in [0.29, 0.717) is 30.0 Å². The zero-order valence-electron chi connectivity index (χ0n) is 19.0. The lowest BCUT2D eigenvalue weighted by Crippen LogP contribution is -2.54. The number of nitrogens with one attached hydrogen (secondary N) is 2. The molecule has 0 aliphatic rings. The minimum atomic E-state index is -4.42. The zero-order chi connectivity index (χ0) is 24.9. The fourth-order valence-corrected chi connectivity index (χ4v) is 4.28. The number of rotatable bonds is 10. The highest BCUT2D eigenvalue weighted by Crippen LogP contribution is 2.31. The number of ether oxygens (including phenoxy) is 2. The molecule has 0 heterocycles. The molecule has 33 heavy (non-hydrogen) atoms. The van der Waals surface area contributed by atoms with Gasteiger partial charge in [-0.25, -0.2) is 4.72 Å². The van der Waals surface area contributed by atoms with E-state index in [4.69, 9.17) is 9.47 Å². The van der Waals surface area contributed by atoms with Gasteiger partial charge in [-0.3, -0.25) is 9.00 Å². The van der Waals surface area contributed by atoms with Gasteiger partial charge in [0.2, 0.25) is 5.91 Å².